The van der Waals surface area contributed by atoms with Crippen LogP contribution in [-0.4, -0.2) is 20.1 Å². The summed E-state index contributed by atoms with van der Waals surface area (Å²) in [5.41, 5.74) is 2.16. The van der Waals surface area contributed by atoms with E-state index in [-0.39, 0.29) is 11.7 Å². The molecule has 0 atom stereocenters. The molecular formula is C8H18N2O3S. The molecule has 0 spiro atoms. The minimum Gasteiger partial charge on any atom is -0.278 e. The second-order valence-corrected chi connectivity index (χ2v) is 5.02. The lowest BCUT2D eigenvalue weighted by atomic mass is 10.2. The molecule has 0 bridgehead atoms. The minimum absolute atomic E-state index is 0.0394. The van der Waals surface area contributed by atoms with Crippen molar-refractivity contribution in [2.24, 2.45) is 0 Å². The summed E-state index contributed by atoms with van der Waals surface area (Å²) in [5, 5.41) is 0. The van der Waals surface area contributed by atoms with Crippen LogP contribution in [0.25, 0.3) is 0 Å². The third kappa shape index (κ3) is 6.85. The number of unbranched alkanes of at least 4 members (excludes halogenated alkanes) is 2. The smallest absolute Gasteiger partial charge is 0.234 e. The van der Waals surface area contributed by atoms with Crippen molar-refractivity contribution in [1.82, 2.24) is 10.3 Å². The van der Waals surface area contributed by atoms with Crippen molar-refractivity contribution in [3.63, 3.8) is 0 Å². The number of hydrazine groups is 1. The van der Waals surface area contributed by atoms with Crippen LogP contribution in [0, 0.1) is 0 Å². The number of carbonyl (C=O) groups excluding carboxylic acids is 1. The van der Waals surface area contributed by atoms with Crippen LogP contribution in [-0.2, 0) is 14.8 Å². The average molecular weight is 222 g/mol. The summed E-state index contributed by atoms with van der Waals surface area (Å²) in [6.07, 6.45) is 3.16. The lowest BCUT2D eigenvalue weighted by molar-refractivity contribution is -0.121. The summed E-state index contributed by atoms with van der Waals surface area (Å²) >= 11 is 0. The Hall–Kier alpha value is -0.620. The van der Waals surface area contributed by atoms with Crippen molar-refractivity contribution in [3.05, 3.63) is 0 Å². The number of hydrogen-bond acceptors (Lipinski definition) is 3. The van der Waals surface area contributed by atoms with Gasteiger partial charge >= 0.3 is 0 Å². The van der Waals surface area contributed by atoms with E-state index < -0.39 is 10.0 Å². The van der Waals surface area contributed by atoms with Crippen LogP contribution in [0.4, 0.5) is 0 Å². The molecule has 0 radical (unpaired) electrons. The molecule has 5 nitrogen and oxygen atoms in total. The van der Waals surface area contributed by atoms with Gasteiger partial charge in [-0.25, -0.2) is 8.42 Å². The maximum Gasteiger partial charge on any atom is 0.234 e. The van der Waals surface area contributed by atoms with Crippen LogP contribution >= 0.6 is 0 Å². The first-order valence-electron chi connectivity index (χ1n) is 4.80. The quantitative estimate of drug-likeness (QED) is 0.487. The van der Waals surface area contributed by atoms with E-state index in [2.05, 4.69) is 5.43 Å². The average Bonchev–Trinajstić information content (AvgIpc) is 2.16. The van der Waals surface area contributed by atoms with Crippen LogP contribution in [0.15, 0.2) is 0 Å². The van der Waals surface area contributed by atoms with Crippen molar-refractivity contribution >= 4 is 15.9 Å². The van der Waals surface area contributed by atoms with Gasteiger partial charge in [-0.2, -0.15) is 0 Å². The van der Waals surface area contributed by atoms with E-state index in [0.717, 1.165) is 19.3 Å². The zero-order valence-electron chi connectivity index (χ0n) is 8.67. The molecule has 2 N–H and O–H groups in total. The molecule has 0 unspecified atom stereocenters. The van der Waals surface area contributed by atoms with Gasteiger partial charge in [-0.1, -0.05) is 19.8 Å². The van der Waals surface area contributed by atoms with E-state index in [9.17, 15) is 13.2 Å². The summed E-state index contributed by atoms with van der Waals surface area (Å²) in [7, 11) is -3.33. The number of carbonyl (C=O) groups is 1. The number of amides is 1. The summed E-state index contributed by atoms with van der Waals surface area (Å²) in [6.45, 7) is 3.54. The molecule has 0 aromatic carbocycles. The normalized spacial score (nSPS) is 11.3. The highest BCUT2D eigenvalue weighted by Gasteiger charge is 2.07. The Morgan fingerprint density at radius 1 is 1.21 bits per heavy atom. The Bertz CT molecular complexity index is 262. The molecule has 0 aliphatic rings. The van der Waals surface area contributed by atoms with E-state index in [4.69, 9.17) is 0 Å². The summed E-state index contributed by atoms with van der Waals surface area (Å²) < 4.78 is 21.8. The molecule has 1 amide bonds. The Morgan fingerprint density at radius 3 is 2.36 bits per heavy atom. The monoisotopic (exact) mass is 222 g/mol. The largest absolute Gasteiger partial charge is 0.278 e. The second-order valence-electron chi connectivity index (χ2n) is 3.01. The molecule has 0 saturated heterocycles. The Kier molecular flexibility index (Phi) is 6.48. The van der Waals surface area contributed by atoms with Crippen LogP contribution in [0.5, 0.6) is 0 Å². The van der Waals surface area contributed by atoms with Gasteiger partial charge in [-0.15, -0.1) is 4.83 Å². The van der Waals surface area contributed by atoms with Gasteiger partial charge in [0.15, 0.2) is 0 Å². The molecule has 0 rings (SSSR count). The lowest BCUT2D eigenvalue weighted by Gasteiger charge is -2.05. The van der Waals surface area contributed by atoms with Gasteiger partial charge in [0.2, 0.25) is 15.9 Å². The van der Waals surface area contributed by atoms with Gasteiger partial charge in [-0.3, -0.25) is 10.2 Å². The maximum absolute atomic E-state index is 11.0. The molecule has 84 valence electrons. The molecule has 0 aromatic rings. The Balaban J connectivity index is 3.64. The summed E-state index contributed by atoms with van der Waals surface area (Å²) in [4.78, 5) is 13.1. The van der Waals surface area contributed by atoms with Gasteiger partial charge < -0.3 is 0 Å². The molecule has 0 aromatic heterocycles. The van der Waals surface area contributed by atoms with Gasteiger partial charge in [-0.05, 0) is 13.3 Å². The highest BCUT2D eigenvalue weighted by Crippen LogP contribution is 1.97. The predicted octanol–water partition coefficient (Wildman–Crippen LogP) is 0.537. The van der Waals surface area contributed by atoms with Crippen molar-refractivity contribution in [2.45, 2.75) is 39.5 Å². The molecule has 0 aliphatic heterocycles. The summed E-state index contributed by atoms with van der Waals surface area (Å²) in [5.74, 6) is -0.321. The van der Waals surface area contributed by atoms with E-state index in [1.165, 1.54) is 6.92 Å². The Morgan fingerprint density at radius 2 is 1.86 bits per heavy atom. The molecule has 6 heteroatoms. The first-order chi connectivity index (χ1) is 6.52. The fraction of sp³-hybridized carbons (Fsp3) is 0.875. The van der Waals surface area contributed by atoms with Crippen LogP contribution < -0.4 is 10.3 Å². The van der Waals surface area contributed by atoms with Gasteiger partial charge in [0.1, 0.15) is 0 Å². The molecule has 14 heavy (non-hydrogen) atoms. The summed E-state index contributed by atoms with van der Waals surface area (Å²) in [6, 6.07) is 0. The van der Waals surface area contributed by atoms with Gasteiger partial charge in [0, 0.05) is 6.42 Å². The fourth-order valence-corrected chi connectivity index (χ4v) is 1.22. The van der Waals surface area contributed by atoms with Crippen molar-refractivity contribution < 1.29 is 13.2 Å². The minimum atomic E-state index is -3.33. The van der Waals surface area contributed by atoms with Crippen molar-refractivity contribution in [1.29, 1.82) is 0 Å². The van der Waals surface area contributed by atoms with E-state index in [0.29, 0.717) is 6.42 Å². The van der Waals surface area contributed by atoms with Gasteiger partial charge in [0.25, 0.3) is 0 Å². The molecule has 0 aliphatic carbocycles. The van der Waals surface area contributed by atoms with Crippen LogP contribution in [0.1, 0.15) is 39.5 Å². The number of hydrogen-bond donors (Lipinski definition) is 2. The van der Waals surface area contributed by atoms with Crippen LogP contribution in [0.2, 0.25) is 0 Å². The topological polar surface area (TPSA) is 75.3 Å². The number of nitrogens with one attached hydrogen (secondary N) is 2. The first kappa shape index (κ1) is 13.4. The molecule has 0 saturated carbocycles. The van der Waals surface area contributed by atoms with E-state index in [1.807, 2.05) is 11.8 Å². The Labute approximate surface area is 85.3 Å². The predicted molar refractivity (Wildman–Crippen MR) is 54.9 cm³/mol. The molecule has 0 heterocycles. The van der Waals surface area contributed by atoms with E-state index >= 15 is 0 Å². The van der Waals surface area contributed by atoms with Crippen LogP contribution in [0.3, 0.4) is 0 Å². The van der Waals surface area contributed by atoms with Crippen molar-refractivity contribution in [3.8, 4) is 0 Å². The first-order valence-corrected chi connectivity index (χ1v) is 6.45. The third-order valence-corrected chi connectivity index (χ3v) is 2.91. The highest BCUT2D eigenvalue weighted by atomic mass is 32.2. The lowest BCUT2D eigenvalue weighted by Crippen LogP contribution is -2.42. The SMILES string of the molecule is CCCCCC(=O)NNS(=O)(=O)CC. The second kappa shape index (κ2) is 6.78. The van der Waals surface area contributed by atoms with Gasteiger partial charge in [0.05, 0.1) is 5.75 Å². The van der Waals surface area contributed by atoms with Crippen molar-refractivity contribution in [2.75, 3.05) is 5.75 Å². The highest BCUT2D eigenvalue weighted by molar-refractivity contribution is 7.89. The fourth-order valence-electron chi connectivity index (χ4n) is 0.805. The zero-order chi connectivity index (χ0) is 11.0. The maximum atomic E-state index is 11.0. The molecule has 0 fully saturated rings. The zero-order valence-corrected chi connectivity index (χ0v) is 9.49. The third-order valence-electron chi connectivity index (χ3n) is 1.73. The number of sulfonamides is 1. The van der Waals surface area contributed by atoms with E-state index in [1.54, 1.807) is 0 Å². The molecular weight excluding hydrogens is 204 g/mol. The standard InChI is InChI=1S/C8H18N2O3S/c1-3-5-6-7-8(11)9-10-14(12,13)4-2/h10H,3-7H2,1-2H3,(H,9,11). The number of rotatable bonds is 7.